The highest BCUT2D eigenvalue weighted by Crippen LogP contribution is 2.20. The summed E-state index contributed by atoms with van der Waals surface area (Å²) in [6.07, 6.45) is 5.13. The van der Waals surface area contributed by atoms with Crippen LogP contribution in [0.2, 0.25) is 0 Å². The van der Waals surface area contributed by atoms with E-state index in [0.717, 1.165) is 31.2 Å². The SMILES string of the molecule is CCCCCCC(=O)NCc1ccc2nc(C)n([C@@H]3CCC(=O)NC3=O)c(=O)c2c1. The summed E-state index contributed by atoms with van der Waals surface area (Å²) in [6.45, 7) is 4.13. The van der Waals surface area contributed by atoms with Gasteiger partial charge >= 0.3 is 0 Å². The second kappa shape index (κ2) is 9.65. The van der Waals surface area contributed by atoms with Crippen molar-refractivity contribution in [3.8, 4) is 0 Å². The molecule has 0 radical (unpaired) electrons. The molecular formula is C22H28N4O4. The standard InChI is InChI=1S/C22H28N4O4/c1-3-4-5-6-7-19(27)23-13-15-8-9-17-16(12-15)22(30)26(14(2)24-17)18-10-11-20(28)25-21(18)29/h8-9,12,18H,3-7,10-11,13H2,1-2H3,(H,23,27)(H,25,28,29)/t18-/m1/s1. The van der Waals surface area contributed by atoms with Crippen LogP contribution in [0.5, 0.6) is 0 Å². The molecule has 0 aliphatic carbocycles. The highest BCUT2D eigenvalue weighted by Gasteiger charge is 2.30. The van der Waals surface area contributed by atoms with Crippen LogP contribution in [0.1, 0.15) is 69.3 Å². The van der Waals surface area contributed by atoms with Crippen molar-refractivity contribution in [2.75, 3.05) is 0 Å². The number of imide groups is 1. The normalized spacial score (nSPS) is 16.5. The molecule has 3 amide bonds. The van der Waals surface area contributed by atoms with Crippen molar-refractivity contribution in [3.05, 3.63) is 39.9 Å². The zero-order chi connectivity index (χ0) is 21.7. The Morgan fingerprint density at radius 3 is 2.77 bits per heavy atom. The molecule has 0 bridgehead atoms. The fourth-order valence-electron chi connectivity index (χ4n) is 3.76. The van der Waals surface area contributed by atoms with Crippen LogP contribution >= 0.6 is 0 Å². The van der Waals surface area contributed by atoms with Crippen molar-refractivity contribution in [1.82, 2.24) is 20.2 Å². The molecule has 2 N–H and O–H groups in total. The second-order valence-corrected chi connectivity index (χ2v) is 7.74. The maximum Gasteiger partial charge on any atom is 0.262 e. The lowest BCUT2D eigenvalue weighted by molar-refractivity contribution is -0.135. The van der Waals surface area contributed by atoms with Crippen molar-refractivity contribution < 1.29 is 14.4 Å². The number of hydrogen-bond donors (Lipinski definition) is 2. The van der Waals surface area contributed by atoms with E-state index in [0.29, 0.717) is 29.7 Å². The van der Waals surface area contributed by atoms with Crippen LogP contribution in [-0.2, 0) is 20.9 Å². The molecule has 8 heteroatoms. The highest BCUT2D eigenvalue weighted by molar-refractivity contribution is 5.99. The van der Waals surface area contributed by atoms with Crippen LogP contribution in [0.25, 0.3) is 10.9 Å². The number of amides is 3. The summed E-state index contributed by atoms with van der Waals surface area (Å²) >= 11 is 0. The summed E-state index contributed by atoms with van der Waals surface area (Å²) in [7, 11) is 0. The number of piperidine rings is 1. The Balaban J connectivity index is 1.78. The molecule has 0 saturated carbocycles. The molecule has 1 fully saturated rings. The van der Waals surface area contributed by atoms with Gasteiger partial charge in [0.25, 0.3) is 5.56 Å². The third-order valence-electron chi connectivity index (χ3n) is 5.41. The Bertz CT molecular complexity index is 1030. The summed E-state index contributed by atoms with van der Waals surface area (Å²) in [5.74, 6) is -0.392. The first-order chi connectivity index (χ1) is 14.4. The molecule has 30 heavy (non-hydrogen) atoms. The fourth-order valence-corrected chi connectivity index (χ4v) is 3.76. The molecule has 1 aliphatic rings. The van der Waals surface area contributed by atoms with Crippen LogP contribution in [0.4, 0.5) is 0 Å². The molecule has 8 nitrogen and oxygen atoms in total. The van der Waals surface area contributed by atoms with Gasteiger partial charge in [-0.1, -0.05) is 32.3 Å². The first-order valence-corrected chi connectivity index (χ1v) is 10.5. The third kappa shape index (κ3) is 4.93. The molecule has 2 heterocycles. The number of fused-ring (bicyclic) bond motifs is 1. The number of nitrogens with zero attached hydrogens (tertiary/aromatic N) is 2. The monoisotopic (exact) mass is 412 g/mol. The Morgan fingerprint density at radius 1 is 1.23 bits per heavy atom. The van der Waals surface area contributed by atoms with Gasteiger partial charge in [0.1, 0.15) is 11.9 Å². The molecule has 0 spiro atoms. The summed E-state index contributed by atoms with van der Waals surface area (Å²) in [4.78, 5) is 53.3. The van der Waals surface area contributed by atoms with Gasteiger partial charge in [-0.3, -0.25) is 29.1 Å². The van der Waals surface area contributed by atoms with E-state index in [9.17, 15) is 19.2 Å². The smallest absolute Gasteiger partial charge is 0.262 e. The van der Waals surface area contributed by atoms with Crippen LogP contribution < -0.4 is 16.2 Å². The lowest BCUT2D eigenvalue weighted by Crippen LogP contribution is -2.45. The van der Waals surface area contributed by atoms with Gasteiger partial charge in [0, 0.05) is 19.4 Å². The third-order valence-corrected chi connectivity index (χ3v) is 5.41. The van der Waals surface area contributed by atoms with Gasteiger partial charge in [-0.2, -0.15) is 0 Å². The number of nitrogens with one attached hydrogen (secondary N) is 2. The van der Waals surface area contributed by atoms with E-state index in [1.54, 1.807) is 19.1 Å². The average Bonchev–Trinajstić information content (AvgIpc) is 2.71. The minimum absolute atomic E-state index is 0.00538. The Kier molecular flexibility index (Phi) is 6.97. The quantitative estimate of drug-likeness (QED) is 0.510. The molecule has 1 atom stereocenters. The van der Waals surface area contributed by atoms with Gasteiger partial charge in [0.2, 0.25) is 17.7 Å². The Hall–Kier alpha value is -3.03. The van der Waals surface area contributed by atoms with Gasteiger partial charge in [0.05, 0.1) is 10.9 Å². The molecule has 3 rings (SSSR count). The highest BCUT2D eigenvalue weighted by atomic mass is 16.2. The minimum Gasteiger partial charge on any atom is -0.352 e. The zero-order valence-electron chi connectivity index (χ0n) is 17.5. The lowest BCUT2D eigenvalue weighted by atomic mass is 10.0. The van der Waals surface area contributed by atoms with Crippen LogP contribution in [0.3, 0.4) is 0 Å². The van der Waals surface area contributed by atoms with E-state index < -0.39 is 11.9 Å². The van der Waals surface area contributed by atoms with E-state index in [4.69, 9.17) is 0 Å². The zero-order valence-corrected chi connectivity index (χ0v) is 17.5. The minimum atomic E-state index is -0.751. The van der Waals surface area contributed by atoms with E-state index in [1.165, 1.54) is 4.57 Å². The summed E-state index contributed by atoms with van der Waals surface area (Å²) in [6, 6.07) is 4.55. The molecule has 2 aromatic rings. The summed E-state index contributed by atoms with van der Waals surface area (Å²) in [5.41, 5.74) is 1.01. The Morgan fingerprint density at radius 2 is 2.03 bits per heavy atom. The number of hydrogen-bond acceptors (Lipinski definition) is 5. The summed E-state index contributed by atoms with van der Waals surface area (Å²) < 4.78 is 1.36. The molecule has 160 valence electrons. The number of unbranched alkanes of at least 4 members (excludes halogenated alkanes) is 3. The number of carbonyl (C=O) groups is 3. The number of rotatable bonds is 8. The van der Waals surface area contributed by atoms with E-state index in [1.807, 2.05) is 6.07 Å². The number of carbonyl (C=O) groups excluding carboxylic acids is 3. The predicted octanol–water partition coefficient (Wildman–Crippen LogP) is 2.27. The van der Waals surface area contributed by atoms with Crippen molar-refractivity contribution in [1.29, 1.82) is 0 Å². The van der Waals surface area contributed by atoms with Gasteiger partial charge in [-0.25, -0.2) is 4.98 Å². The Labute approximate surface area is 175 Å². The van der Waals surface area contributed by atoms with Gasteiger partial charge in [0.15, 0.2) is 0 Å². The van der Waals surface area contributed by atoms with Crippen molar-refractivity contribution >= 4 is 28.6 Å². The molecule has 0 unspecified atom stereocenters. The van der Waals surface area contributed by atoms with Crippen LogP contribution in [-0.4, -0.2) is 27.3 Å². The first kappa shape index (κ1) is 21.7. The van der Waals surface area contributed by atoms with E-state index in [2.05, 4.69) is 22.5 Å². The number of aromatic nitrogens is 2. The largest absolute Gasteiger partial charge is 0.352 e. The van der Waals surface area contributed by atoms with Crippen LogP contribution in [0.15, 0.2) is 23.0 Å². The number of benzene rings is 1. The number of aryl methyl sites for hydroxylation is 1. The molecule has 1 aromatic carbocycles. The first-order valence-electron chi connectivity index (χ1n) is 10.5. The van der Waals surface area contributed by atoms with E-state index >= 15 is 0 Å². The molecular weight excluding hydrogens is 384 g/mol. The predicted molar refractivity (Wildman–Crippen MR) is 113 cm³/mol. The average molecular weight is 412 g/mol. The fraction of sp³-hybridized carbons (Fsp3) is 0.500. The van der Waals surface area contributed by atoms with Crippen molar-refractivity contribution in [2.45, 2.75) is 71.4 Å². The maximum absolute atomic E-state index is 13.1. The molecule has 1 saturated heterocycles. The molecule has 1 aromatic heterocycles. The van der Waals surface area contributed by atoms with Gasteiger partial charge in [-0.05, 0) is 37.5 Å². The molecule has 1 aliphatic heterocycles. The van der Waals surface area contributed by atoms with Crippen molar-refractivity contribution in [2.24, 2.45) is 0 Å². The van der Waals surface area contributed by atoms with Crippen molar-refractivity contribution in [3.63, 3.8) is 0 Å². The summed E-state index contributed by atoms with van der Waals surface area (Å²) in [5, 5.41) is 5.57. The van der Waals surface area contributed by atoms with Crippen LogP contribution in [0, 0.1) is 6.92 Å². The van der Waals surface area contributed by atoms with Gasteiger partial charge in [-0.15, -0.1) is 0 Å². The van der Waals surface area contributed by atoms with E-state index in [-0.39, 0.29) is 30.2 Å². The van der Waals surface area contributed by atoms with Gasteiger partial charge < -0.3 is 5.32 Å². The maximum atomic E-state index is 13.1. The topological polar surface area (TPSA) is 110 Å². The second-order valence-electron chi connectivity index (χ2n) is 7.74. The lowest BCUT2D eigenvalue weighted by Gasteiger charge is -2.24.